The number of nitrogens with one attached hydrogen (secondary N) is 2. The minimum atomic E-state index is -3.83. The monoisotopic (exact) mass is 569 g/mol. The van der Waals surface area contributed by atoms with Gasteiger partial charge in [-0.2, -0.15) is 0 Å². The number of nitrogens with zero attached hydrogens (tertiary/aromatic N) is 3. The van der Waals surface area contributed by atoms with E-state index in [-0.39, 0.29) is 28.5 Å². The Morgan fingerprint density at radius 2 is 1.79 bits per heavy atom. The maximum absolute atomic E-state index is 13.5. The van der Waals surface area contributed by atoms with Crippen LogP contribution in [-0.4, -0.2) is 75.7 Å². The lowest BCUT2D eigenvalue weighted by Gasteiger charge is -2.41. The predicted octanol–water partition coefficient (Wildman–Crippen LogP) is 3.21. The van der Waals surface area contributed by atoms with Crippen LogP contribution in [0.4, 0.5) is 36.1 Å². The molecule has 0 bridgehead atoms. The van der Waals surface area contributed by atoms with Gasteiger partial charge in [-0.1, -0.05) is 0 Å². The van der Waals surface area contributed by atoms with E-state index in [9.17, 15) is 26.4 Å². The third kappa shape index (κ3) is 6.16. The number of carbonyl (C=O) groups is 1. The Morgan fingerprint density at radius 1 is 1.08 bits per heavy atom. The molecule has 212 valence electrons. The number of carbonyl (C=O) groups excluding carboxylic acids is 1. The number of hydrogen-bond donors (Lipinski definition) is 3. The molecule has 1 saturated carbocycles. The molecular formula is C25H30F3N5O5S. The molecule has 2 aliphatic heterocycles. The number of aromatic nitrogens is 1. The number of piperidine rings is 1. The molecule has 3 heterocycles. The summed E-state index contributed by atoms with van der Waals surface area (Å²) >= 11 is 0. The van der Waals surface area contributed by atoms with E-state index in [2.05, 4.69) is 15.0 Å². The van der Waals surface area contributed by atoms with E-state index in [4.69, 9.17) is 9.84 Å². The zero-order chi connectivity index (χ0) is 27.8. The second-order valence-electron chi connectivity index (χ2n) is 10.3. The van der Waals surface area contributed by atoms with Gasteiger partial charge in [-0.3, -0.25) is 9.52 Å². The topological polar surface area (TPSA) is 124 Å². The number of aliphatic hydroxyl groups is 1. The summed E-state index contributed by atoms with van der Waals surface area (Å²) in [6.07, 6.45) is 5.57. The zero-order valence-corrected chi connectivity index (χ0v) is 21.9. The molecule has 10 nitrogen and oxygen atoms in total. The second kappa shape index (κ2) is 10.4. The van der Waals surface area contributed by atoms with Crippen molar-refractivity contribution in [3.63, 3.8) is 0 Å². The van der Waals surface area contributed by atoms with Crippen LogP contribution in [0.5, 0.6) is 5.75 Å². The van der Waals surface area contributed by atoms with Crippen LogP contribution in [0.25, 0.3) is 0 Å². The number of hydrogen-bond acceptors (Lipinski definition) is 8. The van der Waals surface area contributed by atoms with E-state index in [1.165, 1.54) is 48.2 Å². The summed E-state index contributed by atoms with van der Waals surface area (Å²) in [6, 6.07) is 5.83. The highest BCUT2D eigenvalue weighted by atomic mass is 32.2. The molecule has 5 rings (SSSR count). The Labute approximate surface area is 224 Å². The average Bonchev–Trinajstić information content (AvgIpc) is 3.62. The average molecular weight is 570 g/mol. The van der Waals surface area contributed by atoms with Crippen LogP contribution in [0.15, 0.2) is 30.5 Å². The molecule has 0 unspecified atom stereocenters. The van der Waals surface area contributed by atoms with Crippen LogP contribution >= 0.6 is 0 Å². The lowest BCUT2D eigenvalue weighted by Crippen LogP contribution is -2.56. The van der Waals surface area contributed by atoms with Crippen LogP contribution in [0.3, 0.4) is 0 Å². The van der Waals surface area contributed by atoms with E-state index in [1.54, 1.807) is 0 Å². The van der Waals surface area contributed by atoms with Gasteiger partial charge < -0.3 is 25.0 Å². The van der Waals surface area contributed by atoms with Crippen molar-refractivity contribution < 1.29 is 36.2 Å². The number of ether oxygens (including phenoxy) is 1. The number of pyridine rings is 1. The van der Waals surface area contributed by atoms with Gasteiger partial charge in [0.25, 0.3) is 11.8 Å². The Kier molecular flexibility index (Phi) is 7.27. The third-order valence-corrected chi connectivity index (χ3v) is 8.72. The summed E-state index contributed by atoms with van der Waals surface area (Å²) < 4.78 is 71.5. The fourth-order valence-corrected chi connectivity index (χ4v) is 5.84. The van der Waals surface area contributed by atoms with Crippen molar-refractivity contribution in [1.82, 2.24) is 4.98 Å². The van der Waals surface area contributed by atoms with E-state index in [0.717, 1.165) is 12.8 Å². The van der Waals surface area contributed by atoms with Gasteiger partial charge in [-0.25, -0.2) is 26.6 Å². The van der Waals surface area contributed by atoms with Gasteiger partial charge in [-0.15, -0.1) is 0 Å². The molecular weight excluding hydrogens is 539 g/mol. The van der Waals surface area contributed by atoms with Crippen molar-refractivity contribution in [2.24, 2.45) is 5.41 Å². The second-order valence-corrected chi connectivity index (χ2v) is 12.2. The van der Waals surface area contributed by atoms with Crippen LogP contribution in [0.1, 0.15) is 36.0 Å². The van der Waals surface area contributed by atoms with Crippen molar-refractivity contribution in [3.8, 4) is 5.75 Å². The molecule has 3 N–H and O–H groups in total. The van der Waals surface area contributed by atoms with Gasteiger partial charge in [0.1, 0.15) is 11.6 Å². The van der Waals surface area contributed by atoms with Crippen LogP contribution < -0.4 is 24.6 Å². The van der Waals surface area contributed by atoms with Gasteiger partial charge in [0, 0.05) is 31.0 Å². The molecule has 0 radical (unpaired) electrons. The summed E-state index contributed by atoms with van der Waals surface area (Å²) in [4.78, 5) is 20.9. The number of sulfonamides is 1. The number of anilines is 4. The molecule has 1 amide bonds. The molecule has 3 fully saturated rings. The van der Waals surface area contributed by atoms with E-state index < -0.39 is 54.2 Å². The van der Waals surface area contributed by atoms with Gasteiger partial charge in [0.2, 0.25) is 16.9 Å². The number of amides is 1. The SMILES string of the molecule is O=C(Nc1ccc(OCF)c(N2CC(F)(F)C2)c1)c1cnc(NS(=O)(=O)CCO)cc1N1CCC2(CC1)CC2. The van der Waals surface area contributed by atoms with Crippen LogP contribution in [-0.2, 0) is 10.0 Å². The summed E-state index contributed by atoms with van der Waals surface area (Å²) in [7, 11) is -3.83. The lowest BCUT2D eigenvalue weighted by molar-refractivity contribution is -0.0265. The first-order valence-electron chi connectivity index (χ1n) is 12.7. The molecule has 2 aromatic rings. The first-order chi connectivity index (χ1) is 18.5. The number of halogens is 3. The Bertz CT molecular complexity index is 1340. The normalized spacial score (nSPS) is 19.4. The minimum Gasteiger partial charge on any atom is -0.461 e. The van der Waals surface area contributed by atoms with Gasteiger partial charge >= 0.3 is 0 Å². The van der Waals surface area contributed by atoms with Gasteiger partial charge in [-0.05, 0) is 49.3 Å². The summed E-state index contributed by atoms with van der Waals surface area (Å²) in [5, 5.41) is 11.8. The van der Waals surface area contributed by atoms with Gasteiger partial charge in [0.05, 0.1) is 42.4 Å². The Hall–Kier alpha value is -3.26. The molecule has 2 saturated heterocycles. The van der Waals surface area contributed by atoms with Crippen molar-refractivity contribution in [2.75, 3.05) is 65.2 Å². The maximum atomic E-state index is 13.5. The Balaban J connectivity index is 1.40. The summed E-state index contributed by atoms with van der Waals surface area (Å²) in [6.45, 7) is -1.41. The standard InChI is InChI=1S/C25H30F3N5O5S/c26-16-38-21-2-1-17(11-20(21)33-14-25(27,28)15-33)30-23(35)18-13-29-22(31-39(36,37)10-9-34)12-19(18)32-7-5-24(3-4-24)6-8-32/h1-2,11-13,34H,3-10,14-16H2,(H,29,31)(H,30,35). The first kappa shape index (κ1) is 27.3. The van der Waals surface area contributed by atoms with Gasteiger partial charge in [0.15, 0.2) is 0 Å². The number of rotatable bonds is 10. The highest BCUT2D eigenvalue weighted by molar-refractivity contribution is 7.92. The molecule has 1 aromatic carbocycles. The highest BCUT2D eigenvalue weighted by Gasteiger charge is 2.45. The quantitative estimate of drug-likeness (QED) is 0.399. The molecule has 1 aromatic heterocycles. The van der Waals surface area contributed by atoms with Crippen LogP contribution in [0, 0.1) is 5.41 Å². The number of alkyl halides is 3. The maximum Gasteiger partial charge on any atom is 0.282 e. The Morgan fingerprint density at radius 3 is 2.41 bits per heavy atom. The molecule has 1 spiro atoms. The fraction of sp³-hybridized carbons (Fsp3) is 0.520. The lowest BCUT2D eigenvalue weighted by atomic mass is 9.93. The first-order valence-corrected chi connectivity index (χ1v) is 14.3. The molecule has 3 aliphatic rings. The minimum absolute atomic E-state index is 0.0235. The third-order valence-electron chi connectivity index (χ3n) is 7.48. The number of benzene rings is 1. The van der Waals surface area contributed by atoms with E-state index >= 15 is 0 Å². The fourth-order valence-electron chi connectivity index (χ4n) is 5.07. The van der Waals surface area contributed by atoms with Crippen molar-refractivity contribution in [1.29, 1.82) is 0 Å². The molecule has 0 atom stereocenters. The summed E-state index contributed by atoms with van der Waals surface area (Å²) in [5.74, 6) is -3.79. The molecule has 1 aliphatic carbocycles. The van der Waals surface area contributed by atoms with E-state index in [0.29, 0.717) is 24.2 Å². The smallest absolute Gasteiger partial charge is 0.282 e. The zero-order valence-electron chi connectivity index (χ0n) is 21.1. The molecule has 39 heavy (non-hydrogen) atoms. The van der Waals surface area contributed by atoms with Crippen molar-refractivity contribution >= 4 is 38.8 Å². The molecule has 14 heteroatoms. The van der Waals surface area contributed by atoms with Crippen LogP contribution in [0.2, 0.25) is 0 Å². The highest BCUT2D eigenvalue weighted by Crippen LogP contribution is 2.54. The van der Waals surface area contributed by atoms with Crippen molar-refractivity contribution in [2.45, 2.75) is 31.6 Å². The van der Waals surface area contributed by atoms with Crippen molar-refractivity contribution in [3.05, 3.63) is 36.0 Å². The predicted molar refractivity (Wildman–Crippen MR) is 140 cm³/mol. The largest absolute Gasteiger partial charge is 0.461 e. The summed E-state index contributed by atoms with van der Waals surface area (Å²) in [5.41, 5.74) is 1.58. The number of aliphatic hydroxyl groups excluding tert-OH is 1. The van der Waals surface area contributed by atoms with E-state index in [1.807, 2.05) is 4.90 Å².